The second kappa shape index (κ2) is 8.34. The van der Waals surface area contributed by atoms with Crippen LogP contribution in [0.3, 0.4) is 0 Å². The molecule has 134 valence electrons. The fraction of sp³-hybridized carbons (Fsp3) is 0.211. The van der Waals surface area contributed by atoms with Gasteiger partial charge >= 0.3 is 0 Å². The quantitative estimate of drug-likeness (QED) is 0.755. The van der Waals surface area contributed by atoms with E-state index < -0.39 is 0 Å². The Kier molecular flexibility index (Phi) is 5.91. The lowest BCUT2D eigenvalue weighted by molar-refractivity contribution is -0.127. The molecule has 2 amide bonds. The maximum Gasteiger partial charge on any atom is 0.254 e. The number of piperazine rings is 1. The van der Waals surface area contributed by atoms with Crippen molar-refractivity contribution in [2.75, 3.05) is 26.2 Å². The lowest BCUT2D eigenvalue weighted by atomic mass is 10.1. The summed E-state index contributed by atoms with van der Waals surface area (Å²) in [7, 11) is 0. The molecule has 0 atom stereocenters. The average Bonchev–Trinajstić information content (AvgIpc) is 2.65. The van der Waals surface area contributed by atoms with Crippen molar-refractivity contribution in [1.82, 2.24) is 14.8 Å². The van der Waals surface area contributed by atoms with Gasteiger partial charge in [-0.25, -0.2) is 0 Å². The number of aromatic nitrogens is 1. The van der Waals surface area contributed by atoms with Crippen LogP contribution in [0.5, 0.6) is 0 Å². The number of halogens is 2. The van der Waals surface area contributed by atoms with Crippen LogP contribution in [0.15, 0.2) is 48.7 Å². The third kappa shape index (κ3) is 4.62. The number of hydrogen-bond acceptors (Lipinski definition) is 3. The van der Waals surface area contributed by atoms with Crippen LogP contribution < -0.4 is 0 Å². The zero-order chi connectivity index (χ0) is 18.5. The van der Waals surface area contributed by atoms with Gasteiger partial charge in [0.1, 0.15) is 0 Å². The molecule has 0 bridgehead atoms. The molecule has 3 rings (SSSR count). The van der Waals surface area contributed by atoms with Crippen molar-refractivity contribution < 1.29 is 9.59 Å². The number of carbonyl (C=O) groups excluding carboxylic acids is 2. The first kappa shape index (κ1) is 18.4. The molecule has 1 aliphatic rings. The van der Waals surface area contributed by atoms with Crippen LogP contribution in [-0.4, -0.2) is 52.8 Å². The van der Waals surface area contributed by atoms with Crippen LogP contribution in [0.1, 0.15) is 16.1 Å². The molecule has 0 spiro atoms. The Morgan fingerprint density at radius 1 is 0.962 bits per heavy atom. The Bertz CT molecular complexity index is 812. The number of amides is 2. The second-order valence-corrected chi connectivity index (χ2v) is 6.74. The van der Waals surface area contributed by atoms with Crippen LogP contribution in [0.4, 0.5) is 0 Å². The zero-order valence-corrected chi connectivity index (χ0v) is 15.5. The SMILES string of the molecule is O=C(/C=C/c1ccccn1)N1CCN(C(=O)c2cc(Cl)cc(Cl)c2)CC1. The standard InChI is InChI=1S/C19H17Cl2N3O2/c20-15-11-14(12-16(21)13-15)19(26)24-9-7-23(8-10-24)18(25)5-4-17-3-1-2-6-22-17/h1-6,11-13H,7-10H2/b5-4+. The van der Waals surface area contributed by atoms with E-state index in [9.17, 15) is 9.59 Å². The molecule has 7 heteroatoms. The van der Waals surface area contributed by atoms with E-state index in [1.165, 1.54) is 6.08 Å². The normalized spacial score (nSPS) is 14.7. The predicted octanol–water partition coefficient (Wildman–Crippen LogP) is 3.39. The molecular formula is C19H17Cl2N3O2. The summed E-state index contributed by atoms with van der Waals surface area (Å²) in [4.78, 5) is 32.4. The van der Waals surface area contributed by atoms with Gasteiger partial charge in [-0.15, -0.1) is 0 Å². The topological polar surface area (TPSA) is 53.5 Å². The molecule has 26 heavy (non-hydrogen) atoms. The van der Waals surface area contributed by atoms with Gasteiger partial charge in [0.25, 0.3) is 5.91 Å². The van der Waals surface area contributed by atoms with Crippen molar-refractivity contribution in [2.45, 2.75) is 0 Å². The molecule has 0 radical (unpaired) electrons. The van der Waals surface area contributed by atoms with E-state index in [1.54, 1.807) is 40.3 Å². The van der Waals surface area contributed by atoms with Gasteiger partial charge in [-0.3, -0.25) is 14.6 Å². The maximum atomic E-state index is 12.6. The first-order valence-corrected chi connectivity index (χ1v) is 8.92. The van der Waals surface area contributed by atoms with E-state index >= 15 is 0 Å². The van der Waals surface area contributed by atoms with Crippen LogP contribution in [0, 0.1) is 0 Å². The summed E-state index contributed by atoms with van der Waals surface area (Å²) in [6.45, 7) is 1.88. The molecule has 0 unspecified atom stereocenters. The molecule has 1 aromatic carbocycles. The minimum Gasteiger partial charge on any atom is -0.336 e. The fourth-order valence-corrected chi connectivity index (χ4v) is 3.25. The van der Waals surface area contributed by atoms with Gasteiger partial charge in [-0.05, 0) is 36.4 Å². The van der Waals surface area contributed by atoms with Gasteiger partial charge in [0.15, 0.2) is 0 Å². The van der Waals surface area contributed by atoms with Gasteiger partial charge in [0.05, 0.1) is 5.69 Å². The molecular weight excluding hydrogens is 373 g/mol. The Balaban J connectivity index is 1.57. The summed E-state index contributed by atoms with van der Waals surface area (Å²) in [6.07, 6.45) is 4.88. The zero-order valence-electron chi connectivity index (χ0n) is 13.9. The van der Waals surface area contributed by atoms with E-state index in [0.717, 1.165) is 5.69 Å². The molecule has 1 saturated heterocycles. The molecule has 1 aromatic heterocycles. The van der Waals surface area contributed by atoms with Crippen molar-refractivity contribution in [1.29, 1.82) is 0 Å². The van der Waals surface area contributed by atoms with Crippen molar-refractivity contribution in [3.8, 4) is 0 Å². The number of carbonyl (C=O) groups is 2. The molecule has 5 nitrogen and oxygen atoms in total. The van der Waals surface area contributed by atoms with Crippen molar-refractivity contribution in [2.24, 2.45) is 0 Å². The second-order valence-electron chi connectivity index (χ2n) is 5.86. The van der Waals surface area contributed by atoms with E-state index in [2.05, 4.69) is 4.98 Å². The summed E-state index contributed by atoms with van der Waals surface area (Å²) >= 11 is 11.9. The smallest absolute Gasteiger partial charge is 0.254 e. The van der Waals surface area contributed by atoms with E-state index in [0.29, 0.717) is 41.8 Å². The number of nitrogens with zero attached hydrogens (tertiary/aromatic N) is 3. The highest BCUT2D eigenvalue weighted by atomic mass is 35.5. The summed E-state index contributed by atoms with van der Waals surface area (Å²) in [5.74, 6) is -0.223. The molecule has 2 heterocycles. The van der Waals surface area contributed by atoms with E-state index in [-0.39, 0.29) is 11.8 Å². The highest BCUT2D eigenvalue weighted by Gasteiger charge is 2.24. The van der Waals surface area contributed by atoms with Gasteiger partial charge in [0, 0.05) is 54.1 Å². The Labute approximate surface area is 161 Å². The lowest BCUT2D eigenvalue weighted by Gasteiger charge is -2.34. The Morgan fingerprint density at radius 2 is 1.62 bits per heavy atom. The Morgan fingerprint density at radius 3 is 2.23 bits per heavy atom. The number of benzene rings is 1. The van der Waals surface area contributed by atoms with Crippen LogP contribution >= 0.6 is 23.2 Å². The minimum absolute atomic E-state index is 0.0893. The number of hydrogen-bond donors (Lipinski definition) is 0. The van der Waals surface area contributed by atoms with Crippen LogP contribution in [0.2, 0.25) is 10.0 Å². The minimum atomic E-state index is -0.134. The summed E-state index contributed by atoms with van der Waals surface area (Å²) in [5, 5.41) is 0.851. The molecule has 0 N–H and O–H groups in total. The highest BCUT2D eigenvalue weighted by molar-refractivity contribution is 6.35. The first-order chi connectivity index (χ1) is 12.5. The fourth-order valence-electron chi connectivity index (χ4n) is 2.73. The van der Waals surface area contributed by atoms with Crippen molar-refractivity contribution in [3.05, 3.63) is 70.0 Å². The van der Waals surface area contributed by atoms with Crippen molar-refractivity contribution in [3.63, 3.8) is 0 Å². The van der Waals surface area contributed by atoms with Crippen LogP contribution in [0.25, 0.3) is 6.08 Å². The van der Waals surface area contributed by atoms with Crippen molar-refractivity contribution >= 4 is 41.1 Å². The summed E-state index contributed by atoms with van der Waals surface area (Å²) in [6, 6.07) is 10.3. The summed E-state index contributed by atoms with van der Waals surface area (Å²) < 4.78 is 0. The number of pyridine rings is 1. The molecule has 0 aliphatic carbocycles. The number of rotatable bonds is 3. The first-order valence-electron chi connectivity index (χ1n) is 8.16. The monoisotopic (exact) mass is 389 g/mol. The van der Waals surface area contributed by atoms with E-state index in [4.69, 9.17) is 23.2 Å². The van der Waals surface area contributed by atoms with Crippen LogP contribution in [-0.2, 0) is 4.79 Å². The third-order valence-electron chi connectivity index (χ3n) is 4.07. The van der Waals surface area contributed by atoms with Gasteiger partial charge in [-0.2, -0.15) is 0 Å². The summed E-state index contributed by atoms with van der Waals surface area (Å²) in [5.41, 5.74) is 1.19. The average molecular weight is 390 g/mol. The highest BCUT2D eigenvalue weighted by Crippen LogP contribution is 2.20. The molecule has 2 aromatic rings. The van der Waals surface area contributed by atoms with Gasteiger partial charge in [-0.1, -0.05) is 29.3 Å². The third-order valence-corrected chi connectivity index (χ3v) is 4.51. The predicted molar refractivity (Wildman–Crippen MR) is 102 cm³/mol. The molecule has 0 saturated carbocycles. The maximum absolute atomic E-state index is 12.6. The molecule has 1 fully saturated rings. The van der Waals surface area contributed by atoms with Gasteiger partial charge < -0.3 is 9.80 Å². The molecule has 1 aliphatic heterocycles. The van der Waals surface area contributed by atoms with E-state index in [1.807, 2.05) is 18.2 Å². The Hall–Kier alpha value is -2.37. The lowest BCUT2D eigenvalue weighted by Crippen LogP contribution is -2.50. The van der Waals surface area contributed by atoms with Gasteiger partial charge in [0.2, 0.25) is 5.91 Å². The largest absolute Gasteiger partial charge is 0.336 e.